The normalized spacial score (nSPS) is 10.7. The molecule has 1 aromatic carbocycles. The van der Waals surface area contributed by atoms with Crippen molar-refractivity contribution in [1.29, 1.82) is 0 Å². The van der Waals surface area contributed by atoms with Crippen molar-refractivity contribution < 1.29 is 0 Å². The summed E-state index contributed by atoms with van der Waals surface area (Å²) in [5, 5.41) is 5.22. The summed E-state index contributed by atoms with van der Waals surface area (Å²) in [6, 6.07) is 7.87. The molecule has 0 radical (unpaired) electrons. The van der Waals surface area contributed by atoms with Crippen molar-refractivity contribution in [2.24, 2.45) is 0 Å². The van der Waals surface area contributed by atoms with Gasteiger partial charge in [-0.2, -0.15) is 5.10 Å². The van der Waals surface area contributed by atoms with Gasteiger partial charge in [-0.25, -0.2) is 9.67 Å². The van der Waals surface area contributed by atoms with Gasteiger partial charge >= 0.3 is 0 Å². The van der Waals surface area contributed by atoms with Gasteiger partial charge in [0.15, 0.2) is 10.8 Å². The van der Waals surface area contributed by atoms with Gasteiger partial charge in [0, 0.05) is 0 Å². The summed E-state index contributed by atoms with van der Waals surface area (Å²) >= 11 is 1.32. The minimum atomic E-state index is -0.210. The Morgan fingerprint density at radius 2 is 2.14 bits per heavy atom. The fourth-order valence-electron chi connectivity index (χ4n) is 1.95. The molecule has 0 spiro atoms. The van der Waals surface area contributed by atoms with Crippen LogP contribution in [0.1, 0.15) is 5.56 Å². The number of fused-ring (bicyclic) bond motifs is 1. The molecule has 5 nitrogen and oxygen atoms in total. The standard InChI is InChI=1S/C15H12N4OS/c1-3-8-21-15-17-13-12(14(20)18-15)9-16-19(13)11-6-4-10(2)5-7-11/h1,4-7,9H,8H2,2H3,(H,17,18,20). The van der Waals surface area contributed by atoms with Gasteiger partial charge < -0.3 is 4.98 Å². The van der Waals surface area contributed by atoms with Crippen molar-refractivity contribution in [2.75, 3.05) is 5.75 Å². The van der Waals surface area contributed by atoms with Crippen LogP contribution in [0.2, 0.25) is 0 Å². The quantitative estimate of drug-likeness (QED) is 0.457. The first-order valence-electron chi connectivity index (χ1n) is 6.30. The molecule has 0 bridgehead atoms. The lowest BCUT2D eigenvalue weighted by Gasteiger charge is -2.04. The molecule has 1 N–H and O–H groups in total. The molecule has 2 heterocycles. The van der Waals surface area contributed by atoms with Crippen molar-refractivity contribution in [2.45, 2.75) is 12.1 Å². The van der Waals surface area contributed by atoms with Crippen LogP contribution in [0.4, 0.5) is 0 Å². The van der Waals surface area contributed by atoms with Crippen LogP contribution in [0.3, 0.4) is 0 Å². The lowest BCUT2D eigenvalue weighted by Crippen LogP contribution is -2.09. The van der Waals surface area contributed by atoms with E-state index >= 15 is 0 Å². The highest BCUT2D eigenvalue weighted by atomic mass is 32.2. The van der Waals surface area contributed by atoms with E-state index in [0.717, 1.165) is 11.3 Å². The number of benzene rings is 1. The van der Waals surface area contributed by atoms with Crippen LogP contribution >= 0.6 is 11.8 Å². The molecule has 0 saturated heterocycles. The van der Waals surface area contributed by atoms with Gasteiger partial charge in [0.1, 0.15) is 5.39 Å². The molecule has 21 heavy (non-hydrogen) atoms. The highest BCUT2D eigenvalue weighted by molar-refractivity contribution is 7.99. The topological polar surface area (TPSA) is 63.6 Å². The SMILES string of the molecule is C#CCSc1nc2c(cnn2-c2ccc(C)cc2)c(=O)[nH]1. The monoisotopic (exact) mass is 296 g/mol. The van der Waals surface area contributed by atoms with Crippen LogP contribution in [0, 0.1) is 19.3 Å². The molecule has 0 saturated carbocycles. The van der Waals surface area contributed by atoms with Crippen LogP contribution in [-0.2, 0) is 0 Å². The van der Waals surface area contributed by atoms with Crippen molar-refractivity contribution in [3.8, 4) is 18.0 Å². The molecule has 0 aliphatic carbocycles. The summed E-state index contributed by atoms with van der Waals surface area (Å²) in [5.41, 5.74) is 2.34. The molecule has 0 atom stereocenters. The van der Waals surface area contributed by atoms with Gasteiger partial charge in [0.2, 0.25) is 0 Å². The van der Waals surface area contributed by atoms with E-state index in [4.69, 9.17) is 6.42 Å². The van der Waals surface area contributed by atoms with Crippen LogP contribution in [-0.4, -0.2) is 25.5 Å². The van der Waals surface area contributed by atoms with Crippen LogP contribution < -0.4 is 5.56 Å². The minimum Gasteiger partial charge on any atom is -0.301 e. The van der Waals surface area contributed by atoms with E-state index in [1.54, 1.807) is 4.68 Å². The van der Waals surface area contributed by atoms with Gasteiger partial charge in [-0.15, -0.1) is 6.42 Å². The number of aromatic nitrogens is 4. The molecule has 6 heteroatoms. The Kier molecular flexibility index (Phi) is 3.50. The number of nitrogens with one attached hydrogen (secondary N) is 1. The average Bonchev–Trinajstić information content (AvgIpc) is 2.90. The second-order valence-corrected chi connectivity index (χ2v) is 5.46. The number of aryl methyl sites for hydroxylation is 1. The Hall–Kier alpha value is -2.52. The zero-order valence-corrected chi connectivity index (χ0v) is 12.1. The van der Waals surface area contributed by atoms with Crippen molar-refractivity contribution in [3.05, 3.63) is 46.4 Å². The first-order chi connectivity index (χ1) is 10.2. The summed E-state index contributed by atoms with van der Waals surface area (Å²) in [4.78, 5) is 19.2. The van der Waals surface area contributed by atoms with Crippen molar-refractivity contribution in [3.63, 3.8) is 0 Å². The lowest BCUT2D eigenvalue weighted by molar-refractivity contribution is 0.873. The van der Waals surface area contributed by atoms with E-state index in [1.165, 1.54) is 18.0 Å². The lowest BCUT2D eigenvalue weighted by atomic mass is 10.2. The Bertz CT molecular complexity index is 887. The second-order valence-electron chi connectivity index (χ2n) is 4.49. The van der Waals surface area contributed by atoms with Gasteiger partial charge in [0.05, 0.1) is 17.6 Å². The number of hydrogen-bond acceptors (Lipinski definition) is 4. The number of hydrogen-bond donors (Lipinski definition) is 1. The Morgan fingerprint density at radius 3 is 2.86 bits per heavy atom. The molecule has 2 aromatic heterocycles. The van der Waals surface area contributed by atoms with Crippen LogP contribution in [0.5, 0.6) is 0 Å². The average molecular weight is 296 g/mol. The van der Waals surface area contributed by atoms with Crippen LogP contribution in [0.15, 0.2) is 40.4 Å². The molecule has 3 aromatic rings. The number of thioether (sulfide) groups is 1. The van der Waals surface area contributed by atoms with Gasteiger partial charge in [-0.3, -0.25) is 4.79 Å². The third-order valence-electron chi connectivity index (χ3n) is 2.99. The van der Waals surface area contributed by atoms with E-state index < -0.39 is 0 Å². The molecular weight excluding hydrogens is 284 g/mol. The number of H-pyrrole nitrogens is 1. The Balaban J connectivity index is 2.16. The first kappa shape index (κ1) is 13.5. The van der Waals surface area contributed by atoms with Gasteiger partial charge in [-0.05, 0) is 19.1 Å². The van der Waals surface area contributed by atoms with Crippen LogP contribution in [0.25, 0.3) is 16.7 Å². The van der Waals surface area contributed by atoms with E-state index in [9.17, 15) is 4.79 Å². The smallest absolute Gasteiger partial charge is 0.262 e. The molecule has 104 valence electrons. The van der Waals surface area contributed by atoms with E-state index in [0.29, 0.717) is 21.9 Å². The molecule has 0 aliphatic heterocycles. The predicted molar refractivity (Wildman–Crippen MR) is 83.8 cm³/mol. The van der Waals surface area contributed by atoms with Crippen molar-refractivity contribution in [1.82, 2.24) is 19.7 Å². The summed E-state index contributed by atoms with van der Waals surface area (Å²) < 4.78 is 1.66. The molecule has 0 amide bonds. The van der Waals surface area contributed by atoms with E-state index in [-0.39, 0.29) is 5.56 Å². The third kappa shape index (κ3) is 2.56. The van der Waals surface area contributed by atoms with Gasteiger partial charge in [-0.1, -0.05) is 35.4 Å². The van der Waals surface area contributed by atoms with E-state index in [2.05, 4.69) is 21.0 Å². The number of terminal acetylenes is 1. The highest BCUT2D eigenvalue weighted by Gasteiger charge is 2.11. The second kappa shape index (κ2) is 5.46. The minimum absolute atomic E-state index is 0.210. The Morgan fingerprint density at radius 1 is 1.38 bits per heavy atom. The Labute approximate surface area is 125 Å². The predicted octanol–water partition coefficient (Wildman–Crippen LogP) is 2.14. The highest BCUT2D eigenvalue weighted by Crippen LogP contribution is 2.17. The number of aromatic amines is 1. The fourth-order valence-corrected chi connectivity index (χ4v) is 2.49. The fraction of sp³-hybridized carbons (Fsp3) is 0.133. The molecule has 0 unspecified atom stereocenters. The maximum Gasteiger partial charge on any atom is 0.262 e. The third-order valence-corrected chi connectivity index (χ3v) is 3.76. The zero-order valence-electron chi connectivity index (χ0n) is 11.3. The van der Waals surface area contributed by atoms with E-state index in [1.807, 2.05) is 31.2 Å². The summed E-state index contributed by atoms with van der Waals surface area (Å²) in [7, 11) is 0. The largest absolute Gasteiger partial charge is 0.301 e. The molecular formula is C15H12N4OS. The maximum absolute atomic E-state index is 12.0. The number of rotatable bonds is 3. The summed E-state index contributed by atoms with van der Waals surface area (Å²) in [6.45, 7) is 2.02. The number of nitrogens with zero attached hydrogens (tertiary/aromatic N) is 3. The summed E-state index contributed by atoms with van der Waals surface area (Å²) in [5.74, 6) is 2.96. The van der Waals surface area contributed by atoms with Gasteiger partial charge in [0.25, 0.3) is 5.56 Å². The first-order valence-corrected chi connectivity index (χ1v) is 7.29. The molecule has 0 aliphatic rings. The summed E-state index contributed by atoms with van der Waals surface area (Å²) in [6.07, 6.45) is 6.76. The maximum atomic E-state index is 12.0. The van der Waals surface area contributed by atoms with Crippen molar-refractivity contribution >= 4 is 22.8 Å². The molecule has 3 rings (SSSR count). The molecule has 0 fully saturated rings. The zero-order chi connectivity index (χ0) is 14.8.